The molecule has 0 fully saturated rings. The van der Waals surface area contributed by atoms with E-state index in [4.69, 9.17) is 23.7 Å². The van der Waals surface area contributed by atoms with Gasteiger partial charge in [0.2, 0.25) is 5.91 Å². The third kappa shape index (κ3) is 2.91. The number of rotatable bonds is 4. The number of nitrogens with two attached hydrogens (primary N) is 2. The first-order valence-corrected chi connectivity index (χ1v) is 5.50. The minimum Gasteiger partial charge on any atom is -0.389 e. The zero-order valence-electron chi connectivity index (χ0n) is 10.1. The Hall–Kier alpha value is -1.69. The Morgan fingerprint density at radius 1 is 1.47 bits per heavy atom. The molecular formula is C11H16N4OS. The van der Waals surface area contributed by atoms with Gasteiger partial charge in [0.25, 0.3) is 0 Å². The molecule has 0 unspecified atom stereocenters. The highest BCUT2D eigenvalue weighted by atomic mass is 32.1. The van der Waals surface area contributed by atoms with Crippen molar-refractivity contribution in [3.05, 3.63) is 23.4 Å². The monoisotopic (exact) mass is 252 g/mol. The summed E-state index contributed by atoms with van der Waals surface area (Å²) in [5.74, 6) is -0.00371. The van der Waals surface area contributed by atoms with Gasteiger partial charge in [0.15, 0.2) is 0 Å². The van der Waals surface area contributed by atoms with E-state index in [-0.39, 0.29) is 4.99 Å². The molecule has 1 aromatic rings. The molecule has 0 aliphatic carbocycles. The molecule has 0 aromatic carbocycles. The Balaban J connectivity index is 3.20. The highest BCUT2D eigenvalue weighted by Gasteiger charge is 2.26. The quantitative estimate of drug-likeness (QED) is 0.686. The predicted molar refractivity (Wildman–Crippen MR) is 71.8 cm³/mol. The van der Waals surface area contributed by atoms with Crippen molar-refractivity contribution in [1.82, 2.24) is 4.98 Å². The number of carbonyl (C=O) groups excluding carboxylic acids is 1. The Bertz CT molecular complexity index is 471. The number of pyridine rings is 1. The summed E-state index contributed by atoms with van der Waals surface area (Å²) in [5, 5.41) is 2.96. The van der Waals surface area contributed by atoms with E-state index in [1.165, 1.54) is 0 Å². The number of aromatic nitrogens is 1. The van der Waals surface area contributed by atoms with Crippen molar-refractivity contribution < 1.29 is 4.79 Å². The third-order valence-corrected chi connectivity index (χ3v) is 2.66. The Kier molecular flexibility index (Phi) is 3.67. The van der Waals surface area contributed by atoms with Gasteiger partial charge in [-0.15, -0.1) is 0 Å². The molecule has 0 saturated heterocycles. The summed E-state index contributed by atoms with van der Waals surface area (Å²) in [6.07, 6.45) is 1.62. The van der Waals surface area contributed by atoms with Crippen molar-refractivity contribution in [3.8, 4) is 0 Å². The Morgan fingerprint density at radius 2 is 2.06 bits per heavy atom. The van der Waals surface area contributed by atoms with Crippen molar-refractivity contribution in [3.63, 3.8) is 0 Å². The standard InChI is InChI=1S/C11H16N4OS/c1-6-4-5-14-9(7(6)8(12)17)15-11(2,3)10(13)16/h4-5H,1-3H3,(H2,12,17)(H2,13,16)(H,14,15). The zero-order chi connectivity index (χ0) is 13.2. The smallest absolute Gasteiger partial charge is 0.242 e. The van der Waals surface area contributed by atoms with Crippen LogP contribution >= 0.6 is 12.2 Å². The number of nitrogens with zero attached hydrogens (tertiary/aromatic N) is 1. The van der Waals surface area contributed by atoms with E-state index in [2.05, 4.69) is 10.3 Å². The molecule has 1 amide bonds. The summed E-state index contributed by atoms with van der Waals surface area (Å²) >= 11 is 4.97. The van der Waals surface area contributed by atoms with E-state index in [0.29, 0.717) is 11.4 Å². The first-order valence-electron chi connectivity index (χ1n) is 5.09. The van der Waals surface area contributed by atoms with E-state index in [9.17, 15) is 4.79 Å². The number of nitrogens with one attached hydrogen (secondary N) is 1. The number of anilines is 1. The molecule has 6 heteroatoms. The van der Waals surface area contributed by atoms with E-state index >= 15 is 0 Å². The molecule has 0 spiro atoms. The molecule has 1 aromatic heterocycles. The SMILES string of the molecule is Cc1ccnc(NC(C)(C)C(N)=O)c1C(N)=S. The van der Waals surface area contributed by atoms with Crippen LogP contribution in [0.15, 0.2) is 12.3 Å². The van der Waals surface area contributed by atoms with Crippen molar-refractivity contribution >= 4 is 28.9 Å². The number of hydrogen-bond donors (Lipinski definition) is 3. The average molecular weight is 252 g/mol. The van der Waals surface area contributed by atoms with Crippen molar-refractivity contribution in [2.45, 2.75) is 26.3 Å². The van der Waals surface area contributed by atoms with Gasteiger partial charge in [-0.2, -0.15) is 0 Å². The van der Waals surface area contributed by atoms with Crippen LogP contribution in [0.1, 0.15) is 25.0 Å². The summed E-state index contributed by atoms with van der Waals surface area (Å²) in [7, 11) is 0. The zero-order valence-corrected chi connectivity index (χ0v) is 10.9. The number of carbonyl (C=O) groups is 1. The molecule has 0 aliphatic rings. The number of hydrogen-bond acceptors (Lipinski definition) is 4. The molecule has 5 N–H and O–H groups in total. The molecular weight excluding hydrogens is 236 g/mol. The van der Waals surface area contributed by atoms with Crippen LogP contribution in [0.25, 0.3) is 0 Å². The van der Waals surface area contributed by atoms with Gasteiger partial charge in [0.1, 0.15) is 16.3 Å². The molecule has 0 saturated carbocycles. The Morgan fingerprint density at radius 3 is 2.53 bits per heavy atom. The summed E-state index contributed by atoms with van der Waals surface area (Å²) in [6, 6.07) is 1.80. The first-order chi connectivity index (χ1) is 7.75. The topological polar surface area (TPSA) is 94.0 Å². The lowest BCUT2D eigenvalue weighted by molar-refractivity contribution is -0.121. The summed E-state index contributed by atoms with van der Waals surface area (Å²) < 4.78 is 0. The number of thiocarbonyl (C=S) groups is 1. The van der Waals surface area contributed by atoms with E-state index in [0.717, 1.165) is 5.56 Å². The minimum atomic E-state index is -0.916. The molecule has 1 heterocycles. The number of primary amides is 1. The van der Waals surface area contributed by atoms with Gasteiger partial charge in [-0.05, 0) is 32.4 Å². The van der Waals surface area contributed by atoms with Gasteiger partial charge in [0.05, 0.1) is 5.56 Å². The van der Waals surface area contributed by atoms with Crippen molar-refractivity contribution in [1.29, 1.82) is 0 Å². The first kappa shape index (κ1) is 13.4. The lowest BCUT2D eigenvalue weighted by atomic mass is 10.0. The maximum atomic E-state index is 11.3. The highest BCUT2D eigenvalue weighted by Crippen LogP contribution is 2.20. The van der Waals surface area contributed by atoms with Crippen LogP contribution < -0.4 is 16.8 Å². The van der Waals surface area contributed by atoms with Gasteiger partial charge in [0, 0.05) is 6.20 Å². The van der Waals surface area contributed by atoms with Crippen LogP contribution in [0.2, 0.25) is 0 Å². The molecule has 0 atom stereocenters. The normalized spacial score (nSPS) is 11.0. The molecule has 0 radical (unpaired) electrons. The third-order valence-electron chi connectivity index (χ3n) is 2.45. The van der Waals surface area contributed by atoms with Crippen LogP contribution in [0.3, 0.4) is 0 Å². The number of amides is 1. The molecule has 5 nitrogen and oxygen atoms in total. The summed E-state index contributed by atoms with van der Waals surface area (Å²) in [6.45, 7) is 5.21. The Labute approximate surface area is 106 Å². The maximum absolute atomic E-state index is 11.3. The fourth-order valence-electron chi connectivity index (χ4n) is 1.32. The fourth-order valence-corrected chi connectivity index (χ4v) is 1.58. The second kappa shape index (κ2) is 4.67. The van der Waals surface area contributed by atoms with E-state index < -0.39 is 11.4 Å². The van der Waals surface area contributed by atoms with Crippen LogP contribution in [0, 0.1) is 6.92 Å². The molecule has 92 valence electrons. The molecule has 1 rings (SSSR count). The van der Waals surface area contributed by atoms with E-state index in [1.807, 2.05) is 6.92 Å². The molecule has 0 bridgehead atoms. The van der Waals surface area contributed by atoms with Gasteiger partial charge < -0.3 is 16.8 Å². The van der Waals surface area contributed by atoms with Gasteiger partial charge in [-0.1, -0.05) is 12.2 Å². The lowest BCUT2D eigenvalue weighted by Gasteiger charge is -2.24. The largest absolute Gasteiger partial charge is 0.389 e. The van der Waals surface area contributed by atoms with Crippen molar-refractivity contribution in [2.75, 3.05) is 5.32 Å². The fraction of sp³-hybridized carbons (Fsp3) is 0.364. The molecule has 17 heavy (non-hydrogen) atoms. The second-order valence-electron chi connectivity index (χ2n) is 4.33. The van der Waals surface area contributed by atoms with Crippen LogP contribution in [0.5, 0.6) is 0 Å². The van der Waals surface area contributed by atoms with Gasteiger partial charge in [-0.3, -0.25) is 4.79 Å². The predicted octanol–water partition coefficient (Wildman–Crippen LogP) is 0.700. The van der Waals surface area contributed by atoms with Crippen molar-refractivity contribution in [2.24, 2.45) is 11.5 Å². The summed E-state index contributed by atoms with van der Waals surface area (Å²) in [5.41, 5.74) is 11.6. The highest BCUT2D eigenvalue weighted by molar-refractivity contribution is 7.80. The average Bonchev–Trinajstić information content (AvgIpc) is 2.15. The van der Waals surface area contributed by atoms with E-state index in [1.54, 1.807) is 26.1 Å². The minimum absolute atomic E-state index is 0.235. The van der Waals surface area contributed by atoms with Gasteiger partial charge >= 0.3 is 0 Å². The maximum Gasteiger partial charge on any atom is 0.242 e. The van der Waals surface area contributed by atoms with Crippen LogP contribution in [-0.2, 0) is 4.79 Å². The summed E-state index contributed by atoms with van der Waals surface area (Å²) in [4.78, 5) is 15.6. The number of aryl methyl sites for hydroxylation is 1. The van der Waals surface area contributed by atoms with Crippen LogP contribution in [-0.4, -0.2) is 21.4 Å². The van der Waals surface area contributed by atoms with Crippen LogP contribution in [0.4, 0.5) is 5.82 Å². The lowest BCUT2D eigenvalue weighted by Crippen LogP contribution is -2.45. The van der Waals surface area contributed by atoms with Gasteiger partial charge in [-0.25, -0.2) is 4.98 Å². The molecule has 0 aliphatic heterocycles. The second-order valence-corrected chi connectivity index (χ2v) is 4.77.